The quantitative estimate of drug-likeness (QED) is 0.743. The maximum Gasteiger partial charge on any atom is 0.226 e. The van der Waals surface area contributed by atoms with Crippen molar-refractivity contribution in [3.8, 4) is 0 Å². The molecule has 0 radical (unpaired) electrons. The monoisotopic (exact) mass is 377 g/mol. The highest BCUT2D eigenvalue weighted by molar-refractivity contribution is 5.95. The molecule has 0 spiro atoms. The molecule has 7 nitrogen and oxygen atoms in total. The first-order valence-electron chi connectivity index (χ1n) is 9.66. The maximum atomic E-state index is 12.4. The molecule has 1 N–H and O–H groups in total. The van der Waals surface area contributed by atoms with E-state index in [4.69, 9.17) is 9.72 Å². The molecule has 2 aromatic heterocycles. The van der Waals surface area contributed by atoms with Crippen LogP contribution in [0.3, 0.4) is 0 Å². The number of carbonyl (C=O) groups excluding carboxylic acids is 1. The second kappa shape index (κ2) is 6.60. The van der Waals surface area contributed by atoms with Gasteiger partial charge in [-0.1, -0.05) is 12.1 Å². The molecule has 7 heteroatoms. The third-order valence-corrected chi connectivity index (χ3v) is 5.55. The summed E-state index contributed by atoms with van der Waals surface area (Å²) in [5.41, 5.74) is 4.30. The smallest absolute Gasteiger partial charge is 0.226 e. The van der Waals surface area contributed by atoms with Gasteiger partial charge >= 0.3 is 0 Å². The normalized spacial score (nSPS) is 19.6. The number of morpholine rings is 1. The summed E-state index contributed by atoms with van der Waals surface area (Å²) in [4.78, 5) is 19.7. The molecule has 3 aromatic rings. The SMILES string of the molecule is Cc1ccc2cc(C3CC(=O)Nc4nn(C)cc43)c(N3CCOCC3)nc2c1. The Bertz CT molecular complexity index is 1070. The van der Waals surface area contributed by atoms with E-state index in [-0.39, 0.29) is 11.8 Å². The maximum absolute atomic E-state index is 12.4. The first-order valence-corrected chi connectivity index (χ1v) is 9.66. The van der Waals surface area contributed by atoms with Gasteiger partial charge in [-0.2, -0.15) is 5.10 Å². The van der Waals surface area contributed by atoms with E-state index in [1.54, 1.807) is 4.68 Å². The number of hydrogen-bond donors (Lipinski definition) is 1. The van der Waals surface area contributed by atoms with Crippen molar-refractivity contribution in [2.75, 3.05) is 36.5 Å². The van der Waals surface area contributed by atoms with Gasteiger partial charge < -0.3 is 15.0 Å². The number of ether oxygens (including phenoxy) is 1. The summed E-state index contributed by atoms with van der Waals surface area (Å²) >= 11 is 0. The lowest BCUT2D eigenvalue weighted by Crippen LogP contribution is -2.38. The molecule has 1 atom stereocenters. The molecule has 0 bridgehead atoms. The molecular weight excluding hydrogens is 354 g/mol. The van der Waals surface area contributed by atoms with Gasteiger partial charge in [0.15, 0.2) is 5.82 Å². The van der Waals surface area contributed by atoms with Gasteiger partial charge in [0.1, 0.15) is 5.82 Å². The van der Waals surface area contributed by atoms with E-state index in [1.165, 1.54) is 5.56 Å². The van der Waals surface area contributed by atoms with E-state index in [9.17, 15) is 4.79 Å². The van der Waals surface area contributed by atoms with Crippen molar-refractivity contribution < 1.29 is 9.53 Å². The zero-order chi connectivity index (χ0) is 19.3. The average molecular weight is 377 g/mol. The number of rotatable bonds is 2. The highest BCUT2D eigenvalue weighted by Gasteiger charge is 2.32. The fourth-order valence-electron chi connectivity index (χ4n) is 4.18. The van der Waals surface area contributed by atoms with Crippen LogP contribution in [0, 0.1) is 6.92 Å². The van der Waals surface area contributed by atoms with Crippen molar-refractivity contribution in [3.63, 3.8) is 0 Å². The number of nitrogens with zero attached hydrogens (tertiary/aromatic N) is 4. The van der Waals surface area contributed by atoms with Gasteiger partial charge in [0.25, 0.3) is 0 Å². The fourth-order valence-corrected chi connectivity index (χ4v) is 4.18. The van der Waals surface area contributed by atoms with E-state index in [0.717, 1.165) is 40.9 Å². The number of amides is 1. The second-order valence-electron chi connectivity index (χ2n) is 7.61. The lowest BCUT2D eigenvalue weighted by Gasteiger charge is -2.32. The molecule has 144 valence electrons. The van der Waals surface area contributed by atoms with E-state index < -0.39 is 0 Å². The molecule has 1 fully saturated rings. The Labute approximate surface area is 163 Å². The summed E-state index contributed by atoms with van der Waals surface area (Å²) < 4.78 is 7.30. The Kier molecular flexibility index (Phi) is 4.05. The topological polar surface area (TPSA) is 72.3 Å². The van der Waals surface area contributed by atoms with Crippen LogP contribution in [0.5, 0.6) is 0 Å². The molecule has 0 aliphatic carbocycles. The molecule has 1 unspecified atom stereocenters. The Morgan fingerprint density at radius 3 is 2.82 bits per heavy atom. The first-order chi connectivity index (χ1) is 13.6. The third-order valence-electron chi connectivity index (χ3n) is 5.55. The first kappa shape index (κ1) is 17.2. The number of benzene rings is 1. The minimum Gasteiger partial charge on any atom is -0.378 e. The van der Waals surface area contributed by atoms with Gasteiger partial charge in [0.2, 0.25) is 5.91 Å². The van der Waals surface area contributed by atoms with Crippen molar-refractivity contribution >= 4 is 28.4 Å². The van der Waals surface area contributed by atoms with Crippen molar-refractivity contribution in [1.29, 1.82) is 0 Å². The number of anilines is 2. The predicted octanol–water partition coefficient (Wildman–Crippen LogP) is 2.59. The Hall–Kier alpha value is -2.93. The summed E-state index contributed by atoms with van der Waals surface area (Å²) in [6, 6.07) is 8.53. The largest absolute Gasteiger partial charge is 0.378 e. The lowest BCUT2D eigenvalue weighted by atomic mass is 9.86. The van der Waals surface area contributed by atoms with Gasteiger partial charge in [-0.05, 0) is 24.6 Å². The fraction of sp³-hybridized carbons (Fsp3) is 0.381. The standard InChI is InChI=1S/C21H23N5O2/c1-13-3-4-14-10-16(15-11-19(27)23-20-17(15)12-25(2)24-20)21(22-18(14)9-13)26-5-7-28-8-6-26/h3-4,9-10,12,15H,5-8,11H2,1-2H3,(H,23,24,27). The minimum absolute atomic E-state index is 0.00636. The number of pyridine rings is 1. The van der Waals surface area contributed by atoms with Crippen LogP contribution in [0.25, 0.3) is 10.9 Å². The summed E-state index contributed by atoms with van der Waals surface area (Å²) in [5, 5.41) is 8.42. The molecule has 28 heavy (non-hydrogen) atoms. The van der Waals surface area contributed by atoms with Crippen molar-refractivity contribution in [3.05, 3.63) is 47.2 Å². The zero-order valence-electron chi connectivity index (χ0n) is 16.1. The van der Waals surface area contributed by atoms with Crippen LogP contribution in [0.4, 0.5) is 11.6 Å². The van der Waals surface area contributed by atoms with Crippen molar-refractivity contribution in [1.82, 2.24) is 14.8 Å². The molecule has 1 aromatic carbocycles. The number of hydrogen-bond acceptors (Lipinski definition) is 5. The summed E-state index contributed by atoms with van der Waals surface area (Å²) in [6.07, 6.45) is 2.40. The number of carbonyl (C=O) groups is 1. The van der Waals surface area contributed by atoms with Gasteiger partial charge in [-0.15, -0.1) is 0 Å². The van der Waals surface area contributed by atoms with Crippen LogP contribution < -0.4 is 10.2 Å². The molecule has 1 amide bonds. The molecule has 2 aliphatic rings. The highest BCUT2D eigenvalue weighted by atomic mass is 16.5. The van der Waals surface area contributed by atoms with E-state index in [2.05, 4.69) is 46.5 Å². The van der Waals surface area contributed by atoms with Crippen molar-refractivity contribution in [2.45, 2.75) is 19.3 Å². The highest BCUT2D eigenvalue weighted by Crippen LogP contribution is 2.41. The second-order valence-corrected chi connectivity index (χ2v) is 7.61. The van der Waals surface area contributed by atoms with Crippen LogP contribution in [0.1, 0.15) is 29.0 Å². The van der Waals surface area contributed by atoms with Crippen LogP contribution in [-0.4, -0.2) is 47.0 Å². The third kappa shape index (κ3) is 2.92. The zero-order valence-corrected chi connectivity index (χ0v) is 16.1. The van der Waals surface area contributed by atoms with Crippen molar-refractivity contribution in [2.24, 2.45) is 7.05 Å². The molecule has 1 saturated heterocycles. The minimum atomic E-state index is -0.0616. The molecule has 4 heterocycles. The average Bonchev–Trinajstić information content (AvgIpc) is 3.07. The van der Waals surface area contributed by atoms with Crippen LogP contribution in [0.15, 0.2) is 30.5 Å². The lowest BCUT2D eigenvalue weighted by molar-refractivity contribution is -0.116. The van der Waals surface area contributed by atoms with E-state index >= 15 is 0 Å². The van der Waals surface area contributed by atoms with Gasteiger partial charge in [-0.3, -0.25) is 9.48 Å². The molecule has 5 rings (SSSR count). The number of nitrogens with one attached hydrogen (secondary N) is 1. The summed E-state index contributed by atoms with van der Waals surface area (Å²) in [5.74, 6) is 1.54. The molecular formula is C21H23N5O2. The Morgan fingerprint density at radius 1 is 1.18 bits per heavy atom. The number of aromatic nitrogens is 3. The number of aryl methyl sites for hydroxylation is 2. The summed E-state index contributed by atoms with van der Waals surface area (Å²) in [6.45, 7) is 5.07. The van der Waals surface area contributed by atoms with Crippen LogP contribution in [0.2, 0.25) is 0 Å². The van der Waals surface area contributed by atoms with E-state index in [0.29, 0.717) is 25.5 Å². The Morgan fingerprint density at radius 2 is 2.00 bits per heavy atom. The molecule has 2 aliphatic heterocycles. The van der Waals surface area contributed by atoms with Gasteiger partial charge in [0.05, 0.1) is 18.7 Å². The van der Waals surface area contributed by atoms with Gasteiger partial charge in [-0.25, -0.2) is 4.98 Å². The van der Waals surface area contributed by atoms with Crippen LogP contribution >= 0.6 is 0 Å². The van der Waals surface area contributed by atoms with Crippen LogP contribution in [-0.2, 0) is 16.6 Å². The predicted molar refractivity (Wildman–Crippen MR) is 108 cm³/mol. The van der Waals surface area contributed by atoms with Gasteiger partial charge in [0, 0.05) is 55.2 Å². The van der Waals surface area contributed by atoms with E-state index in [1.807, 2.05) is 13.2 Å². The number of fused-ring (bicyclic) bond motifs is 2. The summed E-state index contributed by atoms with van der Waals surface area (Å²) in [7, 11) is 1.88. The molecule has 0 saturated carbocycles. The Balaban J connectivity index is 1.71.